The van der Waals surface area contributed by atoms with Gasteiger partial charge < -0.3 is 19.9 Å². The molecule has 1 aliphatic heterocycles. The van der Waals surface area contributed by atoms with Crippen LogP contribution in [-0.2, 0) is 0 Å². The third-order valence-corrected chi connectivity index (χ3v) is 2.48. The van der Waals surface area contributed by atoms with Gasteiger partial charge in [-0.25, -0.2) is 9.97 Å². The van der Waals surface area contributed by atoms with Crippen molar-refractivity contribution in [3.8, 4) is 23.1 Å². The van der Waals surface area contributed by atoms with E-state index < -0.39 is 0 Å². The fraction of sp³-hybridized carbons (Fsp3) is 0.0833. The van der Waals surface area contributed by atoms with Gasteiger partial charge in [0, 0.05) is 18.5 Å². The molecule has 2 heterocycles. The highest BCUT2D eigenvalue weighted by Crippen LogP contribution is 2.36. The van der Waals surface area contributed by atoms with Crippen molar-refractivity contribution in [2.45, 2.75) is 0 Å². The molecule has 19 heavy (non-hydrogen) atoms. The molecule has 0 aliphatic carbocycles. The number of amidine groups is 1. The molecule has 3 rings (SSSR count). The van der Waals surface area contributed by atoms with Crippen LogP contribution in [0.15, 0.2) is 30.6 Å². The van der Waals surface area contributed by atoms with Gasteiger partial charge >= 0.3 is 0 Å². The lowest BCUT2D eigenvalue weighted by molar-refractivity contribution is 0.174. The van der Waals surface area contributed by atoms with Crippen molar-refractivity contribution in [3.63, 3.8) is 0 Å². The molecular formula is C12H10N4O3. The summed E-state index contributed by atoms with van der Waals surface area (Å²) in [5.74, 6) is 1.74. The molecule has 1 aliphatic rings. The van der Waals surface area contributed by atoms with Gasteiger partial charge in [0.1, 0.15) is 11.6 Å². The Morgan fingerprint density at radius 2 is 2.00 bits per heavy atom. The van der Waals surface area contributed by atoms with Crippen LogP contribution in [0.2, 0.25) is 0 Å². The van der Waals surface area contributed by atoms with E-state index in [9.17, 15) is 0 Å². The highest BCUT2D eigenvalue weighted by atomic mass is 16.7. The fourth-order valence-electron chi connectivity index (χ4n) is 1.64. The molecule has 0 saturated heterocycles. The van der Waals surface area contributed by atoms with Crippen LogP contribution in [0.4, 0.5) is 0 Å². The zero-order chi connectivity index (χ0) is 13.2. The predicted octanol–water partition coefficient (Wildman–Crippen LogP) is 1.28. The molecule has 7 heteroatoms. The minimum atomic E-state index is -0.205. The number of fused-ring (bicyclic) bond motifs is 1. The van der Waals surface area contributed by atoms with E-state index in [1.165, 1.54) is 12.4 Å². The van der Waals surface area contributed by atoms with Crippen molar-refractivity contribution in [2.75, 3.05) is 6.79 Å². The minimum Gasteiger partial charge on any atom is -0.454 e. The normalized spacial score (nSPS) is 12.2. The van der Waals surface area contributed by atoms with Gasteiger partial charge in [0.05, 0.1) is 0 Å². The van der Waals surface area contributed by atoms with Crippen LogP contribution in [-0.4, -0.2) is 22.6 Å². The maximum absolute atomic E-state index is 7.42. The van der Waals surface area contributed by atoms with E-state index in [4.69, 9.17) is 25.4 Å². The van der Waals surface area contributed by atoms with Crippen molar-refractivity contribution >= 4 is 5.84 Å². The quantitative estimate of drug-likeness (QED) is 0.635. The SMILES string of the molecule is N=C(N)c1nccnc1Oc1ccc2c(c1)OCO2. The lowest BCUT2D eigenvalue weighted by atomic mass is 10.3. The maximum Gasteiger partial charge on any atom is 0.249 e. The zero-order valence-corrected chi connectivity index (χ0v) is 9.79. The van der Waals surface area contributed by atoms with E-state index in [-0.39, 0.29) is 24.2 Å². The summed E-state index contributed by atoms with van der Waals surface area (Å²) in [6, 6.07) is 5.13. The van der Waals surface area contributed by atoms with Crippen molar-refractivity contribution in [1.82, 2.24) is 9.97 Å². The third-order valence-electron chi connectivity index (χ3n) is 2.48. The van der Waals surface area contributed by atoms with Crippen LogP contribution in [0, 0.1) is 5.41 Å². The number of benzene rings is 1. The lowest BCUT2D eigenvalue weighted by Crippen LogP contribution is -2.15. The first-order valence-corrected chi connectivity index (χ1v) is 5.47. The second kappa shape index (κ2) is 4.45. The van der Waals surface area contributed by atoms with Crippen LogP contribution < -0.4 is 19.9 Å². The summed E-state index contributed by atoms with van der Waals surface area (Å²) in [4.78, 5) is 7.97. The number of nitrogen functional groups attached to an aromatic ring is 1. The summed E-state index contributed by atoms with van der Waals surface area (Å²) < 4.78 is 16.0. The van der Waals surface area contributed by atoms with Gasteiger partial charge in [0.2, 0.25) is 12.7 Å². The Morgan fingerprint density at radius 3 is 2.84 bits per heavy atom. The first-order valence-electron chi connectivity index (χ1n) is 5.47. The van der Waals surface area contributed by atoms with E-state index >= 15 is 0 Å². The summed E-state index contributed by atoms with van der Waals surface area (Å²) in [7, 11) is 0. The molecule has 1 aromatic carbocycles. The Kier molecular flexibility index (Phi) is 2.64. The van der Waals surface area contributed by atoms with Crippen LogP contribution in [0.1, 0.15) is 5.69 Å². The van der Waals surface area contributed by atoms with Crippen LogP contribution in [0.3, 0.4) is 0 Å². The Hall–Kier alpha value is -2.83. The standard InChI is InChI=1S/C12H10N4O3/c13-11(14)10-12(16-4-3-15-10)19-7-1-2-8-9(5-7)18-6-17-8/h1-5H,6H2,(H3,13,14). The van der Waals surface area contributed by atoms with E-state index in [0.29, 0.717) is 17.2 Å². The van der Waals surface area contributed by atoms with Gasteiger partial charge in [-0.05, 0) is 12.1 Å². The second-order valence-corrected chi connectivity index (χ2v) is 3.74. The topological polar surface area (TPSA) is 103 Å². The van der Waals surface area contributed by atoms with E-state index in [1.807, 2.05) is 0 Å². The van der Waals surface area contributed by atoms with Gasteiger partial charge in [-0.3, -0.25) is 5.41 Å². The van der Waals surface area contributed by atoms with Gasteiger partial charge in [-0.15, -0.1) is 0 Å². The molecule has 0 spiro atoms. The fourth-order valence-corrected chi connectivity index (χ4v) is 1.64. The van der Waals surface area contributed by atoms with Crippen LogP contribution in [0.25, 0.3) is 0 Å². The van der Waals surface area contributed by atoms with Crippen LogP contribution in [0.5, 0.6) is 23.1 Å². The predicted molar refractivity (Wildman–Crippen MR) is 65.7 cm³/mol. The van der Waals surface area contributed by atoms with E-state index in [1.54, 1.807) is 18.2 Å². The van der Waals surface area contributed by atoms with Gasteiger partial charge in [-0.1, -0.05) is 0 Å². The average molecular weight is 258 g/mol. The van der Waals surface area contributed by atoms with Crippen molar-refractivity contribution in [3.05, 3.63) is 36.3 Å². The first-order chi connectivity index (χ1) is 9.24. The highest BCUT2D eigenvalue weighted by molar-refractivity contribution is 5.95. The van der Waals surface area contributed by atoms with Gasteiger partial charge in [0.25, 0.3) is 0 Å². The molecule has 0 radical (unpaired) electrons. The summed E-state index contributed by atoms with van der Waals surface area (Å²) in [6.45, 7) is 0.197. The molecule has 2 aromatic rings. The Balaban J connectivity index is 1.91. The molecular weight excluding hydrogens is 248 g/mol. The minimum absolute atomic E-state index is 0.175. The molecule has 96 valence electrons. The molecule has 0 saturated carbocycles. The summed E-state index contributed by atoms with van der Waals surface area (Å²) in [5.41, 5.74) is 5.61. The number of nitrogens with zero attached hydrogens (tertiary/aromatic N) is 2. The number of aromatic nitrogens is 2. The van der Waals surface area contributed by atoms with Crippen molar-refractivity contribution in [2.24, 2.45) is 5.73 Å². The molecule has 0 unspecified atom stereocenters. The number of hydrogen-bond acceptors (Lipinski definition) is 6. The monoisotopic (exact) mass is 258 g/mol. The lowest BCUT2D eigenvalue weighted by Gasteiger charge is -2.08. The molecule has 0 bridgehead atoms. The second-order valence-electron chi connectivity index (χ2n) is 3.74. The van der Waals surface area contributed by atoms with Gasteiger partial charge in [0.15, 0.2) is 17.2 Å². The number of nitrogens with two attached hydrogens (primary N) is 1. The van der Waals surface area contributed by atoms with E-state index in [2.05, 4.69) is 9.97 Å². The third kappa shape index (κ3) is 2.13. The summed E-state index contributed by atoms with van der Waals surface area (Å²) in [6.07, 6.45) is 2.91. The Labute approximate surface area is 108 Å². The summed E-state index contributed by atoms with van der Waals surface area (Å²) >= 11 is 0. The van der Waals surface area contributed by atoms with Crippen molar-refractivity contribution in [1.29, 1.82) is 5.41 Å². The number of nitrogens with one attached hydrogen (secondary N) is 1. The number of rotatable bonds is 3. The van der Waals surface area contributed by atoms with Gasteiger partial charge in [-0.2, -0.15) is 0 Å². The average Bonchev–Trinajstić information content (AvgIpc) is 2.86. The molecule has 0 amide bonds. The van der Waals surface area contributed by atoms with Crippen molar-refractivity contribution < 1.29 is 14.2 Å². The van der Waals surface area contributed by atoms with E-state index in [0.717, 1.165) is 0 Å². The first kappa shape index (κ1) is 11.3. The molecule has 0 atom stereocenters. The highest BCUT2D eigenvalue weighted by Gasteiger charge is 2.16. The largest absolute Gasteiger partial charge is 0.454 e. The summed E-state index contributed by atoms with van der Waals surface area (Å²) in [5, 5.41) is 7.42. The molecule has 3 N–H and O–H groups in total. The number of ether oxygens (including phenoxy) is 3. The molecule has 1 aromatic heterocycles. The molecule has 0 fully saturated rings. The molecule has 7 nitrogen and oxygen atoms in total. The zero-order valence-electron chi connectivity index (χ0n) is 9.79. The van der Waals surface area contributed by atoms with Crippen LogP contribution >= 0.6 is 0 Å². The smallest absolute Gasteiger partial charge is 0.249 e. The number of hydrogen-bond donors (Lipinski definition) is 2. The maximum atomic E-state index is 7.42. The Bertz CT molecular complexity index is 645. The Morgan fingerprint density at radius 1 is 1.21 bits per heavy atom.